The van der Waals surface area contributed by atoms with Crippen LogP contribution in [-0.4, -0.2) is 38.9 Å². The van der Waals surface area contributed by atoms with Gasteiger partial charge in [0.1, 0.15) is 5.75 Å². The third-order valence-electron chi connectivity index (χ3n) is 4.62. The lowest BCUT2D eigenvalue weighted by molar-refractivity contribution is -0.118. The number of hydrogen-bond donors (Lipinski definition) is 2. The number of para-hydroxylation sites is 2. The van der Waals surface area contributed by atoms with Crippen molar-refractivity contribution in [2.75, 3.05) is 26.1 Å². The largest absolute Gasteiger partial charge is 0.495 e. The van der Waals surface area contributed by atoms with Gasteiger partial charge in [-0.1, -0.05) is 29.8 Å². The highest BCUT2D eigenvalue weighted by Gasteiger charge is 2.11. The molecule has 3 rings (SSSR count). The highest BCUT2D eigenvalue weighted by molar-refractivity contribution is 5.95. The molecule has 0 heterocycles. The van der Waals surface area contributed by atoms with E-state index in [0.717, 1.165) is 5.56 Å². The van der Waals surface area contributed by atoms with Crippen molar-refractivity contribution in [2.45, 2.75) is 6.92 Å². The van der Waals surface area contributed by atoms with Gasteiger partial charge in [0.15, 0.2) is 18.1 Å². The molecule has 2 N–H and O–H groups in total. The van der Waals surface area contributed by atoms with Gasteiger partial charge < -0.3 is 19.5 Å². The van der Waals surface area contributed by atoms with Gasteiger partial charge in [-0.15, -0.1) is 0 Å². The van der Waals surface area contributed by atoms with Gasteiger partial charge in [0, 0.05) is 5.56 Å². The number of ether oxygens (including phenoxy) is 3. The summed E-state index contributed by atoms with van der Waals surface area (Å²) in [6.45, 7) is 1.74. The first-order chi connectivity index (χ1) is 16.0. The number of hydrazone groups is 1. The zero-order valence-corrected chi connectivity index (χ0v) is 18.6. The molecule has 0 spiro atoms. The van der Waals surface area contributed by atoms with Crippen molar-refractivity contribution in [1.29, 1.82) is 0 Å². The van der Waals surface area contributed by atoms with Crippen molar-refractivity contribution in [1.82, 2.24) is 5.43 Å². The number of nitrogens with one attached hydrogen (secondary N) is 2. The van der Waals surface area contributed by atoms with Gasteiger partial charge in [0.2, 0.25) is 0 Å². The van der Waals surface area contributed by atoms with Crippen LogP contribution in [0.2, 0.25) is 0 Å². The van der Waals surface area contributed by atoms with E-state index < -0.39 is 0 Å². The van der Waals surface area contributed by atoms with Gasteiger partial charge in [-0.3, -0.25) is 9.59 Å². The molecule has 8 heteroatoms. The molecular formula is C25H25N3O5. The molecule has 0 saturated carbocycles. The van der Waals surface area contributed by atoms with Gasteiger partial charge in [0.25, 0.3) is 11.8 Å². The predicted molar refractivity (Wildman–Crippen MR) is 126 cm³/mol. The van der Waals surface area contributed by atoms with Crippen molar-refractivity contribution >= 4 is 23.7 Å². The quantitative estimate of drug-likeness (QED) is 0.384. The lowest BCUT2D eigenvalue weighted by Crippen LogP contribution is -2.20. The van der Waals surface area contributed by atoms with E-state index >= 15 is 0 Å². The maximum absolute atomic E-state index is 12.3. The van der Waals surface area contributed by atoms with E-state index in [1.165, 1.54) is 20.4 Å². The van der Waals surface area contributed by atoms with E-state index in [-0.39, 0.29) is 18.4 Å². The van der Waals surface area contributed by atoms with E-state index in [4.69, 9.17) is 14.2 Å². The maximum Gasteiger partial charge on any atom is 0.271 e. The highest BCUT2D eigenvalue weighted by Crippen LogP contribution is 2.28. The number of rotatable bonds is 9. The Balaban J connectivity index is 1.57. The van der Waals surface area contributed by atoms with Crippen molar-refractivity contribution < 1.29 is 23.8 Å². The smallest absolute Gasteiger partial charge is 0.271 e. The summed E-state index contributed by atoms with van der Waals surface area (Å²) in [7, 11) is 3.03. The molecule has 0 aliphatic heterocycles. The number of aryl methyl sites for hydroxylation is 1. The number of carbonyl (C=O) groups is 2. The Kier molecular flexibility index (Phi) is 8.02. The van der Waals surface area contributed by atoms with Crippen LogP contribution < -0.4 is 25.0 Å². The molecule has 0 radical (unpaired) electrons. The number of anilines is 1. The van der Waals surface area contributed by atoms with Crippen LogP contribution in [0.1, 0.15) is 21.5 Å². The fourth-order valence-electron chi connectivity index (χ4n) is 2.90. The van der Waals surface area contributed by atoms with E-state index in [2.05, 4.69) is 15.8 Å². The Morgan fingerprint density at radius 2 is 1.64 bits per heavy atom. The lowest BCUT2D eigenvalue weighted by atomic mass is 10.1. The second kappa shape index (κ2) is 11.3. The maximum atomic E-state index is 12.3. The first kappa shape index (κ1) is 23.3. The number of methoxy groups -OCH3 is 2. The average molecular weight is 447 g/mol. The minimum atomic E-state index is -0.342. The molecule has 0 saturated heterocycles. The van der Waals surface area contributed by atoms with E-state index in [9.17, 15) is 9.59 Å². The lowest BCUT2D eigenvalue weighted by Gasteiger charge is -2.12. The van der Waals surface area contributed by atoms with Crippen molar-refractivity contribution in [2.24, 2.45) is 5.10 Å². The minimum absolute atomic E-state index is 0.214. The molecule has 0 bridgehead atoms. The van der Waals surface area contributed by atoms with Gasteiger partial charge in [-0.05, 0) is 55.0 Å². The summed E-state index contributed by atoms with van der Waals surface area (Å²) in [6, 6.07) is 19.4. The number of hydrogen-bond acceptors (Lipinski definition) is 6. The first-order valence-electron chi connectivity index (χ1n) is 10.1. The van der Waals surface area contributed by atoms with Gasteiger partial charge in [-0.2, -0.15) is 5.10 Å². The third-order valence-corrected chi connectivity index (χ3v) is 4.62. The Morgan fingerprint density at radius 3 is 2.36 bits per heavy atom. The summed E-state index contributed by atoms with van der Waals surface area (Å²) in [5.74, 6) is 0.731. The molecule has 3 aromatic carbocycles. The van der Waals surface area contributed by atoms with Crippen molar-refractivity contribution in [3.8, 4) is 17.2 Å². The summed E-state index contributed by atoms with van der Waals surface area (Å²) in [5, 5.41) is 6.73. The van der Waals surface area contributed by atoms with Crippen LogP contribution in [0.4, 0.5) is 5.69 Å². The molecule has 0 unspecified atom stereocenters. The zero-order valence-electron chi connectivity index (χ0n) is 18.6. The van der Waals surface area contributed by atoms with Gasteiger partial charge >= 0.3 is 0 Å². The number of nitrogens with zero attached hydrogens (tertiary/aromatic N) is 1. The highest BCUT2D eigenvalue weighted by atomic mass is 16.5. The number of benzene rings is 3. The van der Waals surface area contributed by atoms with Crippen LogP contribution >= 0.6 is 0 Å². The molecule has 0 aromatic heterocycles. The van der Waals surface area contributed by atoms with Gasteiger partial charge in [-0.25, -0.2) is 5.43 Å². The van der Waals surface area contributed by atoms with Crippen LogP contribution in [0.5, 0.6) is 17.2 Å². The molecule has 170 valence electrons. The summed E-state index contributed by atoms with van der Waals surface area (Å²) in [4.78, 5) is 24.4. The van der Waals surface area contributed by atoms with Gasteiger partial charge in [0.05, 0.1) is 26.1 Å². The molecule has 0 fully saturated rings. The fraction of sp³-hybridized carbons (Fsp3) is 0.160. The average Bonchev–Trinajstić information content (AvgIpc) is 2.83. The topological polar surface area (TPSA) is 98.3 Å². The summed E-state index contributed by atoms with van der Waals surface area (Å²) >= 11 is 0. The summed E-state index contributed by atoms with van der Waals surface area (Å²) in [5.41, 5.74) is 5.31. The van der Waals surface area contributed by atoms with Crippen LogP contribution in [0.25, 0.3) is 0 Å². The molecule has 0 aliphatic rings. The first-order valence-corrected chi connectivity index (χ1v) is 10.1. The molecule has 33 heavy (non-hydrogen) atoms. The number of carbonyl (C=O) groups excluding carboxylic acids is 2. The molecular weight excluding hydrogens is 422 g/mol. The van der Waals surface area contributed by atoms with Crippen molar-refractivity contribution in [3.63, 3.8) is 0 Å². The molecule has 3 aromatic rings. The second-order valence-corrected chi connectivity index (χ2v) is 7.01. The molecule has 0 atom stereocenters. The Bertz CT molecular complexity index is 1140. The normalized spacial score (nSPS) is 10.5. The molecule has 8 nitrogen and oxygen atoms in total. The SMILES string of the molecule is COc1ccccc1NC(=O)COc1ccc(/C=N/NC(=O)c2ccc(C)cc2)cc1OC. The summed E-state index contributed by atoms with van der Waals surface area (Å²) in [6.07, 6.45) is 1.49. The van der Waals surface area contributed by atoms with E-state index in [1.54, 1.807) is 48.5 Å². The Morgan fingerprint density at radius 1 is 0.909 bits per heavy atom. The molecule has 0 aliphatic carbocycles. The zero-order chi connectivity index (χ0) is 23.6. The van der Waals surface area contributed by atoms with Crippen LogP contribution in [0, 0.1) is 6.92 Å². The second-order valence-electron chi connectivity index (χ2n) is 7.01. The molecule has 2 amide bonds. The number of amides is 2. The predicted octanol–water partition coefficient (Wildman–Crippen LogP) is 3.79. The Hall–Kier alpha value is -4.33. The Labute approximate surface area is 192 Å². The summed E-state index contributed by atoms with van der Waals surface area (Å²) < 4.78 is 16.2. The van der Waals surface area contributed by atoms with E-state index in [1.807, 2.05) is 25.1 Å². The third kappa shape index (κ3) is 6.57. The minimum Gasteiger partial charge on any atom is -0.495 e. The van der Waals surface area contributed by atoms with Crippen LogP contribution in [0.15, 0.2) is 71.8 Å². The van der Waals surface area contributed by atoms with Crippen LogP contribution in [0.3, 0.4) is 0 Å². The van der Waals surface area contributed by atoms with E-state index in [0.29, 0.717) is 34.1 Å². The standard InChI is InChI=1S/C25H25N3O5/c1-17-8-11-19(12-9-17)25(30)28-26-15-18-10-13-22(23(14-18)32-3)33-16-24(29)27-20-6-4-5-7-21(20)31-2/h4-15H,16H2,1-3H3,(H,27,29)(H,28,30)/b26-15+. The monoisotopic (exact) mass is 447 g/mol. The van der Waals surface area contributed by atoms with Crippen LogP contribution in [-0.2, 0) is 4.79 Å². The fourth-order valence-corrected chi connectivity index (χ4v) is 2.90. The van der Waals surface area contributed by atoms with Crippen molar-refractivity contribution in [3.05, 3.63) is 83.4 Å².